The number of rotatable bonds is 1. The highest BCUT2D eigenvalue weighted by Crippen LogP contribution is 2.46. The third kappa shape index (κ3) is 2.56. The minimum atomic E-state index is 0.312. The van der Waals surface area contributed by atoms with Gasteiger partial charge in [0.15, 0.2) is 11.3 Å². The Kier molecular flexibility index (Phi) is 3.91. The number of para-hydroxylation sites is 2. The van der Waals surface area contributed by atoms with Crippen LogP contribution >= 0.6 is 0 Å². The van der Waals surface area contributed by atoms with Gasteiger partial charge in [-0.15, -0.1) is 0 Å². The number of fused-ring (bicyclic) bond motifs is 12. The lowest BCUT2D eigenvalue weighted by molar-refractivity contribution is 0.995. The summed E-state index contributed by atoms with van der Waals surface area (Å²) in [5.74, 6) is 0.441. The molecule has 0 saturated heterocycles. The zero-order chi connectivity index (χ0) is 27.5. The maximum atomic E-state index is 10.1. The molecule has 6 heteroatoms. The molecular weight excluding hydrogens is 516 g/mol. The molecule has 42 heavy (non-hydrogen) atoms. The highest BCUT2D eigenvalue weighted by atomic mass is 15.2. The fourth-order valence-electron chi connectivity index (χ4n) is 7.03. The summed E-state index contributed by atoms with van der Waals surface area (Å²) in [6.45, 7) is 0. The summed E-state index contributed by atoms with van der Waals surface area (Å²) < 4.78 is 4.54. The summed E-state index contributed by atoms with van der Waals surface area (Å²) in [5, 5.41) is 20.1. The van der Waals surface area contributed by atoms with Gasteiger partial charge in [-0.2, -0.15) is 10.2 Å². The van der Waals surface area contributed by atoms with E-state index in [1.165, 1.54) is 38.0 Å². The first-order valence-corrected chi connectivity index (χ1v) is 13.9. The van der Waals surface area contributed by atoms with E-state index >= 15 is 0 Å². The van der Waals surface area contributed by atoms with Gasteiger partial charge in [0.2, 0.25) is 5.95 Å². The quantitative estimate of drug-likeness (QED) is 0.212. The molecule has 192 valence electrons. The number of hydrogen-bond acceptors (Lipinski definition) is 4. The minimum absolute atomic E-state index is 0.312. The van der Waals surface area contributed by atoms with Crippen molar-refractivity contribution in [3.63, 3.8) is 0 Å². The molecule has 0 bridgehead atoms. The van der Waals surface area contributed by atoms with E-state index in [9.17, 15) is 5.26 Å². The van der Waals surface area contributed by atoms with Crippen LogP contribution in [0.25, 0.3) is 87.7 Å². The van der Waals surface area contributed by atoms with Gasteiger partial charge in [-0.05, 0) is 53.2 Å². The first kappa shape index (κ1) is 21.7. The molecule has 5 heterocycles. The Morgan fingerprint density at radius 1 is 0.571 bits per heavy atom. The van der Waals surface area contributed by atoms with E-state index in [0.29, 0.717) is 22.7 Å². The maximum absolute atomic E-state index is 10.1. The monoisotopic (exact) mass is 534 g/mol. The van der Waals surface area contributed by atoms with Crippen molar-refractivity contribution in [1.82, 2.24) is 23.9 Å². The smallest absolute Gasteiger partial charge is 0.238 e. The highest BCUT2D eigenvalue weighted by Gasteiger charge is 2.25. The number of benzene rings is 5. The van der Waals surface area contributed by atoms with Crippen LogP contribution in [0.15, 0.2) is 109 Å². The van der Waals surface area contributed by atoms with E-state index in [0.717, 1.165) is 32.7 Å². The second-order valence-corrected chi connectivity index (χ2v) is 10.8. The van der Waals surface area contributed by atoms with Crippen LogP contribution < -0.4 is 0 Å². The van der Waals surface area contributed by atoms with Crippen LogP contribution in [0.4, 0.5) is 0 Å². The third-order valence-electron chi connectivity index (χ3n) is 8.73. The molecule has 0 fully saturated rings. The molecule has 0 radical (unpaired) electrons. The first-order valence-electron chi connectivity index (χ1n) is 13.9. The second kappa shape index (κ2) is 7.57. The number of nitriles is 1. The molecule has 10 aromatic rings. The van der Waals surface area contributed by atoms with Crippen molar-refractivity contribution in [3.05, 3.63) is 115 Å². The molecule has 0 amide bonds. The number of hydrogen-bond donors (Lipinski definition) is 0. The fourth-order valence-corrected chi connectivity index (χ4v) is 7.03. The molecule has 6 nitrogen and oxygen atoms in total. The SMILES string of the molecule is N#Cc1nc(-n2c3ccccc3c3cc4c5ccccc5n5c6cc7ccccc7cc6c(c32)c45)nc2ncccc12. The van der Waals surface area contributed by atoms with Gasteiger partial charge in [0.25, 0.3) is 0 Å². The molecule has 10 rings (SSSR count). The Hall–Kier alpha value is -6.06. The van der Waals surface area contributed by atoms with Crippen LogP contribution in [0.3, 0.4) is 0 Å². The summed E-state index contributed by atoms with van der Waals surface area (Å²) in [6.07, 6.45) is 1.70. The molecule has 0 aliphatic heterocycles. The van der Waals surface area contributed by atoms with Gasteiger partial charge in [-0.25, -0.2) is 9.97 Å². The Balaban J connectivity index is 1.52. The van der Waals surface area contributed by atoms with Crippen LogP contribution in [-0.4, -0.2) is 23.9 Å². The number of pyridine rings is 1. The lowest BCUT2D eigenvalue weighted by Gasteiger charge is -2.09. The molecule has 5 aromatic heterocycles. The zero-order valence-corrected chi connectivity index (χ0v) is 22.1. The minimum Gasteiger partial charge on any atom is -0.308 e. The lowest BCUT2D eigenvalue weighted by atomic mass is 10.0. The summed E-state index contributed by atoms with van der Waals surface area (Å²) >= 11 is 0. The van der Waals surface area contributed by atoms with E-state index in [1.54, 1.807) is 6.20 Å². The summed E-state index contributed by atoms with van der Waals surface area (Å²) in [6, 6.07) is 38.4. The summed E-state index contributed by atoms with van der Waals surface area (Å²) in [5.41, 5.74) is 6.36. The van der Waals surface area contributed by atoms with Crippen molar-refractivity contribution in [1.29, 1.82) is 5.26 Å². The molecular formula is C36H18N6. The molecule has 0 saturated carbocycles. The maximum Gasteiger partial charge on any atom is 0.238 e. The predicted molar refractivity (Wildman–Crippen MR) is 169 cm³/mol. The molecule has 0 unspecified atom stereocenters. The molecule has 0 N–H and O–H groups in total. The summed E-state index contributed by atoms with van der Waals surface area (Å²) in [7, 11) is 0. The molecule has 0 atom stereocenters. The lowest BCUT2D eigenvalue weighted by Crippen LogP contribution is -2.04. The van der Waals surface area contributed by atoms with Gasteiger partial charge in [0, 0.05) is 38.5 Å². The number of nitrogens with zero attached hydrogens (tertiary/aromatic N) is 6. The second-order valence-electron chi connectivity index (χ2n) is 10.8. The summed E-state index contributed by atoms with van der Waals surface area (Å²) in [4.78, 5) is 14.3. The van der Waals surface area contributed by atoms with Gasteiger partial charge in [0.05, 0.1) is 33.0 Å². The topological polar surface area (TPSA) is 71.8 Å². The third-order valence-corrected chi connectivity index (χ3v) is 8.73. The standard InChI is InChI=1S/C36H18N6/c37-19-28-24-12-7-15-38-35(24)40-36(39-28)42-30-14-6-4-11-23(30)26-18-25-22-10-3-5-13-29(22)41-31-17-21-9-2-1-8-20(21)16-27(31)32(33(25)41)34(26)42/h1-18H. The van der Waals surface area contributed by atoms with Crippen molar-refractivity contribution in [3.8, 4) is 12.0 Å². The highest BCUT2D eigenvalue weighted by molar-refractivity contribution is 6.34. The zero-order valence-electron chi connectivity index (χ0n) is 22.1. The van der Waals surface area contributed by atoms with Crippen molar-refractivity contribution in [2.45, 2.75) is 0 Å². The van der Waals surface area contributed by atoms with Gasteiger partial charge < -0.3 is 4.40 Å². The van der Waals surface area contributed by atoms with Crippen molar-refractivity contribution >= 4 is 81.7 Å². The Morgan fingerprint density at radius 3 is 2.10 bits per heavy atom. The predicted octanol–water partition coefficient (Wildman–Crippen LogP) is 8.30. The van der Waals surface area contributed by atoms with Gasteiger partial charge in [-0.3, -0.25) is 4.57 Å². The Labute approximate surface area is 237 Å². The van der Waals surface area contributed by atoms with Gasteiger partial charge in [-0.1, -0.05) is 60.7 Å². The fraction of sp³-hybridized carbons (Fsp3) is 0. The van der Waals surface area contributed by atoms with Crippen molar-refractivity contribution < 1.29 is 0 Å². The van der Waals surface area contributed by atoms with E-state index < -0.39 is 0 Å². The van der Waals surface area contributed by atoms with E-state index in [4.69, 9.17) is 9.97 Å². The van der Waals surface area contributed by atoms with Crippen LogP contribution in [0.2, 0.25) is 0 Å². The van der Waals surface area contributed by atoms with E-state index in [2.05, 4.69) is 105 Å². The van der Waals surface area contributed by atoms with Crippen LogP contribution in [-0.2, 0) is 0 Å². The van der Waals surface area contributed by atoms with E-state index in [-0.39, 0.29) is 0 Å². The van der Waals surface area contributed by atoms with E-state index in [1.807, 2.05) is 18.2 Å². The average molecular weight is 535 g/mol. The molecule has 5 aromatic carbocycles. The largest absolute Gasteiger partial charge is 0.308 e. The normalized spacial score (nSPS) is 12.3. The molecule has 0 aliphatic rings. The Bertz CT molecular complexity index is 2810. The molecule has 0 spiro atoms. The van der Waals surface area contributed by atoms with Crippen LogP contribution in [0, 0.1) is 11.3 Å². The Morgan fingerprint density at radius 2 is 1.26 bits per heavy atom. The van der Waals surface area contributed by atoms with Crippen LogP contribution in [0.1, 0.15) is 5.69 Å². The van der Waals surface area contributed by atoms with Crippen LogP contribution in [0.5, 0.6) is 0 Å². The van der Waals surface area contributed by atoms with Gasteiger partial charge in [0.1, 0.15) is 6.07 Å². The number of aromatic nitrogens is 5. The van der Waals surface area contributed by atoms with Crippen molar-refractivity contribution in [2.75, 3.05) is 0 Å². The molecule has 0 aliphatic carbocycles. The van der Waals surface area contributed by atoms with Crippen molar-refractivity contribution in [2.24, 2.45) is 0 Å². The van der Waals surface area contributed by atoms with Gasteiger partial charge >= 0.3 is 0 Å². The average Bonchev–Trinajstić information content (AvgIpc) is 3.67. The first-order chi connectivity index (χ1) is 20.8.